The van der Waals surface area contributed by atoms with Crippen LogP contribution in [0.4, 0.5) is 0 Å². The van der Waals surface area contributed by atoms with Crippen LogP contribution in [-0.2, 0) is 4.74 Å². The Labute approximate surface area is 172 Å². The first-order valence-corrected chi connectivity index (χ1v) is 10.8. The SMILES string of the molecule is C(=Cc1ccccc1)CN1CCC(n2c(C3CCCO3)nc3cccnc32)CC1. The van der Waals surface area contributed by atoms with Gasteiger partial charge in [-0.1, -0.05) is 42.5 Å². The van der Waals surface area contributed by atoms with Crippen LogP contribution in [0, 0.1) is 0 Å². The Morgan fingerprint density at radius 1 is 1.03 bits per heavy atom. The van der Waals surface area contributed by atoms with Crippen molar-refractivity contribution in [3.8, 4) is 0 Å². The molecule has 0 N–H and O–H groups in total. The summed E-state index contributed by atoms with van der Waals surface area (Å²) in [6, 6.07) is 15.0. The zero-order valence-electron chi connectivity index (χ0n) is 16.8. The highest BCUT2D eigenvalue weighted by Crippen LogP contribution is 2.35. The number of imidazole rings is 1. The lowest BCUT2D eigenvalue weighted by atomic mass is 10.0. The Kier molecular flexibility index (Phi) is 5.41. The fourth-order valence-electron chi connectivity index (χ4n) is 4.58. The minimum absolute atomic E-state index is 0.121. The molecule has 150 valence electrons. The molecule has 29 heavy (non-hydrogen) atoms. The van der Waals surface area contributed by atoms with E-state index in [4.69, 9.17) is 9.72 Å². The summed E-state index contributed by atoms with van der Waals surface area (Å²) in [6.45, 7) is 4.04. The fourth-order valence-corrected chi connectivity index (χ4v) is 4.58. The molecule has 0 radical (unpaired) electrons. The molecule has 1 atom stereocenters. The number of ether oxygens (including phenoxy) is 1. The maximum absolute atomic E-state index is 5.99. The summed E-state index contributed by atoms with van der Waals surface area (Å²) in [6.07, 6.45) is 10.9. The Morgan fingerprint density at radius 3 is 2.69 bits per heavy atom. The van der Waals surface area contributed by atoms with Crippen LogP contribution in [0.5, 0.6) is 0 Å². The Balaban J connectivity index is 1.29. The molecule has 2 aromatic heterocycles. The van der Waals surface area contributed by atoms with Gasteiger partial charge in [0.15, 0.2) is 5.65 Å². The zero-order valence-corrected chi connectivity index (χ0v) is 16.8. The van der Waals surface area contributed by atoms with E-state index in [1.807, 2.05) is 12.3 Å². The molecule has 2 saturated heterocycles. The number of nitrogens with zero attached hydrogens (tertiary/aromatic N) is 4. The van der Waals surface area contributed by atoms with Gasteiger partial charge in [-0.25, -0.2) is 9.97 Å². The lowest BCUT2D eigenvalue weighted by Crippen LogP contribution is -2.35. The van der Waals surface area contributed by atoms with E-state index in [-0.39, 0.29) is 6.10 Å². The van der Waals surface area contributed by atoms with Crippen LogP contribution in [-0.4, -0.2) is 45.7 Å². The third-order valence-corrected chi connectivity index (χ3v) is 6.09. The molecular formula is C24H28N4O. The molecule has 0 aliphatic carbocycles. The van der Waals surface area contributed by atoms with Gasteiger partial charge in [-0.05, 0) is 43.4 Å². The van der Waals surface area contributed by atoms with Crippen LogP contribution < -0.4 is 0 Å². The van der Waals surface area contributed by atoms with E-state index in [1.54, 1.807) is 0 Å². The highest BCUT2D eigenvalue weighted by atomic mass is 16.5. The number of aromatic nitrogens is 3. The van der Waals surface area contributed by atoms with Gasteiger partial charge < -0.3 is 9.30 Å². The molecule has 5 nitrogen and oxygen atoms in total. The van der Waals surface area contributed by atoms with Crippen LogP contribution in [0.3, 0.4) is 0 Å². The van der Waals surface area contributed by atoms with Gasteiger partial charge >= 0.3 is 0 Å². The van der Waals surface area contributed by atoms with Crippen molar-refractivity contribution in [1.29, 1.82) is 0 Å². The van der Waals surface area contributed by atoms with E-state index in [0.717, 1.165) is 68.9 Å². The molecule has 4 heterocycles. The summed E-state index contributed by atoms with van der Waals surface area (Å²) in [5.74, 6) is 1.08. The number of likely N-dealkylation sites (tertiary alicyclic amines) is 1. The minimum Gasteiger partial charge on any atom is -0.370 e. The molecule has 2 aliphatic heterocycles. The third-order valence-electron chi connectivity index (χ3n) is 6.09. The van der Waals surface area contributed by atoms with E-state index in [0.29, 0.717) is 6.04 Å². The van der Waals surface area contributed by atoms with Gasteiger partial charge in [0.2, 0.25) is 0 Å². The van der Waals surface area contributed by atoms with E-state index in [2.05, 4.69) is 63.0 Å². The molecule has 5 rings (SSSR count). The molecule has 0 spiro atoms. The molecule has 2 fully saturated rings. The molecule has 5 heteroatoms. The molecule has 0 bridgehead atoms. The second-order valence-corrected chi connectivity index (χ2v) is 8.03. The summed E-state index contributed by atoms with van der Waals surface area (Å²) in [7, 11) is 0. The Morgan fingerprint density at radius 2 is 1.90 bits per heavy atom. The highest BCUT2D eigenvalue weighted by molar-refractivity contribution is 5.71. The number of piperidine rings is 1. The minimum atomic E-state index is 0.121. The van der Waals surface area contributed by atoms with Gasteiger partial charge in [-0.3, -0.25) is 4.90 Å². The monoisotopic (exact) mass is 388 g/mol. The van der Waals surface area contributed by atoms with Crippen LogP contribution in [0.15, 0.2) is 54.7 Å². The average molecular weight is 389 g/mol. The number of hydrogen-bond acceptors (Lipinski definition) is 4. The quantitative estimate of drug-likeness (QED) is 0.639. The predicted molar refractivity (Wildman–Crippen MR) is 116 cm³/mol. The molecule has 0 saturated carbocycles. The number of pyridine rings is 1. The second kappa shape index (κ2) is 8.47. The standard InChI is InChI=1S/C24H28N4O/c1-2-7-19(8-3-1)9-5-15-27-16-12-20(13-17-27)28-23-21(10-4-14-25-23)26-24(28)22-11-6-18-29-22/h1-5,7-10,14,20,22H,6,11-13,15-18H2. The van der Waals surface area contributed by atoms with E-state index in [1.165, 1.54) is 5.56 Å². The van der Waals surface area contributed by atoms with Gasteiger partial charge in [0.1, 0.15) is 17.4 Å². The van der Waals surface area contributed by atoms with Crippen molar-refractivity contribution in [2.24, 2.45) is 0 Å². The summed E-state index contributed by atoms with van der Waals surface area (Å²) < 4.78 is 8.38. The first kappa shape index (κ1) is 18.5. The first-order chi connectivity index (χ1) is 14.4. The molecule has 3 aromatic rings. The molecular weight excluding hydrogens is 360 g/mol. The van der Waals surface area contributed by atoms with Crippen molar-refractivity contribution < 1.29 is 4.74 Å². The number of benzene rings is 1. The Bertz CT molecular complexity index is 967. The van der Waals surface area contributed by atoms with Crippen molar-refractivity contribution in [3.63, 3.8) is 0 Å². The topological polar surface area (TPSA) is 43.2 Å². The zero-order chi connectivity index (χ0) is 19.5. The summed E-state index contributed by atoms with van der Waals surface area (Å²) in [5, 5.41) is 0. The fraction of sp³-hybridized carbons (Fsp3) is 0.417. The van der Waals surface area contributed by atoms with Crippen LogP contribution in [0.2, 0.25) is 0 Å². The number of rotatable bonds is 5. The summed E-state index contributed by atoms with van der Waals surface area (Å²) in [5.41, 5.74) is 3.27. The van der Waals surface area contributed by atoms with Crippen LogP contribution in [0.1, 0.15) is 49.2 Å². The highest BCUT2D eigenvalue weighted by Gasteiger charge is 2.30. The maximum Gasteiger partial charge on any atom is 0.160 e. The number of hydrogen-bond donors (Lipinski definition) is 0. The van der Waals surface area contributed by atoms with E-state index in [9.17, 15) is 0 Å². The normalized spacial score (nSPS) is 21.4. The second-order valence-electron chi connectivity index (χ2n) is 8.03. The van der Waals surface area contributed by atoms with Crippen molar-refractivity contribution in [3.05, 3.63) is 66.1 Å². The lowest BCUT2D eigenvalue weighted by molar-refractivity contribution is 0.0978. The van der Waals surface area contributed by atoms with E-state index < -0.39 is 0 Å². The lowest BCUT2D eigenvalue weighted by Gasteiger charge is -2.33. The van der Waals surface area contributed by atoms with Gasteiger partial charge in [-0.2, -0.15) is 0 Å². The van der Waals surface area contributed by atoms with Crippen molar-refractivity contribution in [2.75, 3.05) is 26.2 Å². The first-order valence-electron chi connectivity index (χ1n) is 10.8. The third kappa shape index (κ3) is 3.98. The molecule has 2 aliphatic rings. The summed E-state index contributed by atoms with van der Waals surface area (Å²) >= 11 is 0. The Hall–Kier alpha value is -2.50. The van der Waals surface area contributed by atoms with Gasteiger partial charge in [-0.15, -0.1) is 0 Å². The number of fused-ring (bicyclic) bond motifs is 1. The average Bonchev–Trinajstić information content (AvgIpc) is 3.43. The van der Waals surface area contributed by atoms with Crippen molar-refractivity contribution in [2.45, 2.75) is 37.8 Å². The van der Waals surface area contributed by atoms with Gasteiger partial charge in [0.05, 0.1) is 0 Å². The molecule has 1 aromatic carbocycles. The van der Waals surface area contributed by atoms with E-state index >= 15 is 0 Å². The molecule has 0 amide bonds. The largest absolute Gasteiger partial charge is 0.370 e. The van der Waals surface area contributed by atoms with Gasteiger partial charge in [0, 0.05) is 38.5 Å². The molecule has 1 unspecified atom stereocenters. The maximum atomic E-state index is 5.99. The summed E-state index contributed by atoms with van der Waals surface area (Å²) in [4.78, 5) is 12.1. The van der Waals surface area contributed by atoms with Crippen LogP contribution in [0.25, 0.3) is 17.2 Å². The smallest absolute Gasteiger partial charge is 0.160 e. The van der Waals surface area contributed by atoms with Crippen molar-refractivity contribution in [1.82, 2.24) is 19.4 Å². The van der Waals surface area contributed by atoms with Gasteiger partial charge in [0.25, 0.3) is 0 Å². The predicted octanol–water partition coefficient (Wildman–Crippen LogP) is 4.63. The van der Waals surface area contributed by atoms with Crippen molar-refractivity contribution >= 4 is 17.2 Å². The van der Waals surface area contributed by atoms with Crippen LogP contribution >= 0.6 is 0 Å².